The maximum absolute atomic E-state index is 12.8. The Hall–Kier alpha value is 7.24. The van der Waals surface area contributed by atoms with Gasteiger partial charge in [0, 0.05) is 13.2 Å². The number of hydrogen-bond acceptors (Lipinski definition) is 21. The topological polar surface area (TPSA) is 361 Å². The van der Waals surface area contributed by atoms with Crippen LogP contribution in [0, 0.1) is 0 Å². The van der Waals surface area contributed by atoms with Gasteiger partial charge in [0.25, 0.3) is 7.82 Å². The minimum absolute atomic E-state index is 0. The van der Waals surface area contributed by atoms with Crippen LogP contribution in [0.3, 0.4) is 0 Å². The Morgan fingerprint density at radius 2 is 0.912 bits per heavy atom. The normalized spacial score (nSPS) is 22.3. The molecule has 0 aromatic rings. The summed E-state index contributed by atoms with van der Waals surface area (Å²) in [7, 11) is -24.6. The van der Waals surface area contributed by atoms with E-state index in [1.807, 2.05) is 0 Å². The number of nitrogens with two attached hydrogens (primary N) is 1. The summed E-state index contributed by atoms with van der Waals surface area (Å²) < 4.78 is 79.6. The number of phosphoric acid groups is 4. The van der Waals surface area contributed by atoms with Crippen LogP contribution in [0.2, 0.25) is 0 Å². The van der Waals surface area contributed by atoms with Gasteiger partial charge in [0.1, 0.15) is 42.7 Å². The van der Waals surface area contributed by atoms with E-state index in [-0.39, 0.29) is 220 Å². The van der Waals surface area contributed by atoms with Crippen molar-refractivity contribution in [1.82, 2.24) is 0 Å². The predicted molar refractivity (Wildman–Crippen MR) is 159 cm³/mol. The molecule has 4 N–H and O–H groups in total. The Morgan fingerprint density at radius 3 is 1.33 bits per heavy atom. The Morgan fingerprint density at radius 1 is 0.526 bits per heavy atom. The second-order valence-corrected chi connectivity index (χ2v) is 16.3. The van der Waals surface area contributed by atoms with Gasteiger partial charge in [-0.3, -0.25) is 4.57 Å². The maximum Gasteiger partial charge on any atom is 1.00 e. The molecule has 1 aliphatic rings. The van der Waals surface area contributed by atoms with E-state index in [9.17, 15) is 62.7 Å². The average molecular weight is 967 g/mol. The third-order valence-electron chi connectivity index (χ3n) is 7.31. The summed E-state index contributed by atoms with van der Waals surface area (Å²) in [5.74, 6) is 0. The van der Waals surface area contributed by atoms with Crippen LogP contribution in [0.15, 0.2) is 0 Å². The van der Waals surface area contributed by atoms with Gasteiger partial charge in [0.05, 0.1) is 36.7 Å². The molecule has 0 radical (unpaired) electrons. The number of aliphatic hydroxyl groups is 2. The van der Waals surface area contributed by atoms with Crippen LogP contribution in [-0.4, -0.2) is 85.9 Å². The van der Waals surface area contributed by atoms with Crippen molar-refractivity contribution < 1.29 is 302 Å². The van der Waals surface area contributed by atoms with Crippen molar-refractivity contribution in [2.45, 2.75) is 127 Å². The molecule has 0 spiro atoms. The quantitative estimate of drug-likeness (QED) is 0.0356. The van der Waals surface area contributed by atoms with E-state index in [0.717, 1.165) is 64.2 Å². The van der Waals surface area contributed by atoms with Crippen molar-refractivity contribution >= 4 is 31.3 Å². The smallest absolute Gasteiger partial charge is 0.790 e. The van der Waals surface area contributed by atoms with Gasteiger partial charge < -0.3 is 96.0 Å². The zero-order valence-corrected chi connectivity index (χ0v) is 52.2. The minimum atomic E-state index is -6.30. The van der Waals surface area contributed by atoms with Crippen molar-refractivity contribution in [2.75, 3.05) is 33.0 Å². The summed E-state index contributed by atoms with van der Waals surface area (Å²) >= 11 is 0. The Kier molecular flexibility index (Phi) is 58.0. The molecule has 0 aromatic heterocycles. The molecular weight excluding hydrogens is 919 g/mol. The number of phosphoric ester groups is 4. The minimum Gasteiger partial charge on any atom is -0.790 e. The van der Waals surface area contributed by atoms with Gasteiger partial charge in [0.15, 0.2) is 0 Å². The molecule has 0 saturated heterocycles. The van der Waals surface area contributed by atoms with E-state index in [1.165, 1.54) is 0 Å². The van der Waals surface area contributed by atoms with Crippen molar-refractivity contribution in [2.24, 2.45) is 5.73 Å². The fourth-order valence-corrected chi connectivity index (χ4v) is 7.57. The van der Waals surface area contributed by atoms with Gasteiger partial charge in [-0.1, -0.05) is 64.7 Å². The average Bonchev–Trinajstić information content (AvgIpc) is 2.98. The van der Waals surface area contributed by atoms with Crippen LogP contribution in [0.25, 0.3) is 0 Å². The molecule has 21 nitrogen and oxygen atoms in total. The predicted octanol–water partition coefficient (Wildman–Crippen LogP) is -23.7. The van der Waals surface area contributed by atoms with Crippen molar-refractivity contribution in [3.63, 3.8) is 0 Å². The van der Waals surface area contributed by atoms with Crippen LogP contribution >= 0.6 is 31.3 Å². The third kappa shape index (κ3) is 39.8. The molecule has 0 aromatic carbocycles. The van der Waals surface area contributed by atoms with E-state index < -0.39 is 80.6 Å². The molecule has 57 heavy (non-hydrogen) atoms. The van der Waals surface area contributed by atoms with E-state index in [4.69, 9.17) is 19.7 Å². The van der Waals surface area contributed by atoms with E-state index in [0.29, 0.717) is 26.0 Å². The first kappa shape index (κ1) is 78.4. The number of aliphatic hydroxyl groups excluding tert-OH is 2. The van der Waals surface area contributed by atoms with Gasteiger partial charge in [-0.25, -0.2) is 0 Å². The van der Waals surface area contributed by atoms with Crippen molar-refractivity contribution in [3.8, 4) is 0 Å². The zero-order chi connectivity index (χ0) is 38.0. The molecule has 1 rings (SSSR count). The second kappa shape index (κ2) is 42.1. The first-order valence-electron chi connectivity index (χ1n) is 16.2. The molecule has 300 valence electrons. The Bertz CT molecular complexity index is 1110. The van der Waals surface area contributed by atoms with Crippen LogP contribution in [-0.2, 0) is 50.4 Å². The molecule has 1 saturated carbocycles. The van der Waals surface area contributed by atoms with Crippen molar-refractivity contribution in [3.05, 3.63) is 0 Å². The molecule has 1 fully saturated rings. The van der Waals surface area contributed by atoms with Crippen LogP contribution < -0.4 is 247 Å². The summed E-state index contributed by atoms with van der Waals surface area (Å²) in [6, 6.07) is 0. The molecule has 3 unspecified atom stereocenters. The van der Waals surface area contributed by atoms with Gasteiger partial charge in [-0.2, -0.15) is 0 Å². The fourth-order valence-electron chi connectivity index (χ4n) is 4.99. The summed E-state index contributed by atoms with van der Waals surface area (Å²) in [6.45, 7) is 2.34. The summed E-state index contributed by atoms with van der Waals surface area (Å²) in [5, 5.41) is 21.3. The summed E-state index contributed by atoms with van der Waals surface area (Å²) in [4.78, 5) is 80.7. The Balaban J connectivity index is -0.000000714. The van der Waals surface area contributed by atoms with E-state index in [1.54, 1.807) is 0 Å². The molecule has 1 aliphatic carbocycles. The monoisotopic (exact) mass is 967 g/mol. The number of rotatable bonds is 29. The third-order valence-corrected chi connectivity index (χ3v) is 9.79. The largest absolute Gasteiger partial charge is 1.00 e. The fraction of sp³-hybridized carbons (Fsp3) is 1.00. The first-order valence-corrected chi connectivity index (χ1v) is 22.0. The molecule has 32 heteroatoms. The van der Waals surface area contributed by atoms with Crippen molar-refractivity contribution in [1.29, 1.82) is 0 Å². The summed E-state index contributed by atoms with van der Waals surface area (Å²) in [6.07, 6.45) is -7.23. The van der Waals surface area contributed by atoms with Crippen LogP contribution in [0.4, 0.5) is 0 Å². The van der Waals surface area contributed by atoms with E-state index in [2.05, 4.69) is 25.0 Å². The molecule has 0 bridgehead atoms. The number of ether oxygens (including phenoxy) is 2. The van der Waals surface area contributed by atoms with E-state index >= 15 is 0 Å². The second-order valence-electron chi connectivity index (χ2n) is 11.6. The molecule has 8 atom stereocenters. The summed E-state index contributed by atoms with van der Waals surface area (Å²) in [5.41, 5.74) is 5.48. The first-order chi connectivity index (χ1) is 23.2. The molecule has 0 heterocycles. The molecule has 0 aliphatic heterocycles. The van der Waals surface area contributed by atoms with Crippen LogP contribution in [0.1, 0.15) is 84.0 Å². The van der Waals surface area contributed by atoms with Gasteiger partial charge >= 0.3 is 207 Å². The number of hydrogen-bond donors (Lipinski definition) is 3. The van der Waals surface area contributed by atoms with Gasteiger partial charge in [0.2, 0.25) is 0 Å². The maximum atomic E-state index is 12.8. The number of unbranched alkanes of at least 4 members (excludes halogenated alkanes) is 10. The van der Waals surface area contributed by atoms with Gasteiger partial charge in [-0.05, 0) is 25.8 Å². The van der Waals surface area contributed by atoms with Gasteiger partial charge in [-0.15, -0.1) is 0 Å². The Labute approximate surface area is 490 Å². The SMILES string of the molecule is CCCCCCCCO[C@H](COCCCCCCCCN)COP(=O)([O-])OC1[C@H](O)[C@H](OP(=O)([O-])[O-])C(OP(=O)([O-])[O-])[C@H](OP(=O)([O-])[O-])[C@H]1O.[Na+].[Na+].[Na+].[Na+].[Na+].[Na+].[Na+]. The molecule has 0 amide bonds. The van der Waals surface area contributed by atoms with Crippen LogP contribution in [0.5, 0.6) is 0 Å². The molecular formula is C25H48NNa7O20P4. The zero-order valence-electron chi connectivity index (χ0n) is 34.7. The standard InChI is InChI=1S/C25H55NO20P4.7Na/c1-2-3-4-5-10-13-16-41-19(17-40-15-12-9-7-6-8-11-14-26)18-42-50(38,39)46-22-20(27)23(43-47(29,30)31)25(45-49(35,36)37)24(21(22)28)44-48(32,33)34;;;;;;;/h19-25,27-28H,2-18,26H2,1H3,(H,38,39)(H2,29,30,31)(H2,32,33,34)(H2,35,36,37);;;;;;;/q;7*+1/p-7/t19-,20+,21+,22?,23-,24+,25?;;;;;;;/m1......./s1.